The van der Waals surface area contributed by atoms with Crippen molar-refractivity contribution in [2.45, 2.75) is 25.4 Å². The Labute approximate surface area is 146 Å². The lowest BCUT2D eigenvalue weighted by Gasteiger charge is -2.10. The van der Waals surface area contributed by atoms with Crippen LogP contribution >= 0.6 is 0 Å². The van der Waals surface area contributed by atoms with Gasteiger partial charge in [0.25, 0.3) is 5.91 Å². The standard InChI is InChI=1S/C18H22N4O3/c1-22-12-14(11-20-22)15-10-17(25-21-15)18(23)19-9-5-7-13-6-3-4-8-16(13)24-2/h3-4,6,8,11-12,17H,5,7,9-10H2,1-2H3,(H,19,23)/t17-/m1/s1. The number of carbonyl (C=O) groups is 1. The topological polar surface area (TPSA) is 77.7 Å². The van der Waals surface area contributed by atoms with Crippen LogP contribution < -0.4 is 10.1 Å². The maximum absolute atomic E-state index is 12.2. The van der Waals surface area contributed by atoms with E-state index in [2.05, 4.69) is 15.6 Å². The first-order valence-electron chi connectivity index (χ1n) is 8.28. The Bertz CT molecular complexity index is 769. The van der Waals surface area contributed by atoms with E-state index in [1.54, 1.807) is 18.0 Å². The summed E-state index contributed by atoms with van der Waals surface area (Å²) >= 11 is 0. The maximum Gasteiger partial charge on any atom is 0.264 e. The average Bonchev–Trinajstić information content (AvgIpc) is 3.28. The third-order valence-electron chi connectivity index (χ3n) is 4.11. The lowest BCUT2D eigenvalue weighted by atomic mass is 10.1. The number of hydrogen-bond donors (Lipinski definition) is 1. The number of nitrogens with zero attached hydrogens (tertiary/aromatic N) is 3. The summed E-state index contributed by atoms with van der Waals surface area (Å²) in [5.74, 6) is 0.741. The van der Waals surface area contributed by atoms with Crippen LogP contribution in [0.25, 0.3) is 0 Å². The summed E-state index contributed by atoms with van der Waals surface area (Å²) in [6, 6.07) is 7.91. The maximum atomic E-state index is 12.2. The number of methoxy groups -OCH3 is 1. The highest BCUT2D eigenvalue weighted by molar-refractivity contribution is 6.03. The summed E-state index contributed by atoms with van der Waals surface area (Å²) in [6.07, 6.45) is 5.14. The number of carbonyl (C=O) groups excluding carboxylic acids is 1. The number of benzene rings is 1. The van der Waals surface area contributed by atoms with Crippen LogP contribution in [0.4, 0.5) is 0 Å². The number of hydrogen-bond acceptors (Lipinski definition) is 5. The second kappa shape index (κ2) is 7.83. The number of ether oxygens (including phenoxy) is 1. The van der Waals surface area contributed by atoms with Crippen molar-refractivity contribution in [1.29, 1.82) is 0 Å². The van der Waals surface area contributed by atoms with Gasteiger partial charge >= 0.3 is 0 Å². The molecule has 2 aromatic rings. The predicted molar refractivity (Wildman–Crippen MR) is 93.6 cm³/mol. The monoisotopic (exact) mass is 342 g/mol. The number of aromatic nitrogens is 2. The molecule has 1 amide bonds. The Kier molecular flexibility index (Phi) is 5.33. The number of amides is 1. The van der Waals surface area contributed by atoms with E-state index in [0.29, 0.717) is 13.0 Å². The smallest absolute Gasteiger partial charge is 0.264 e. The Balaban J connectivity index is 1.42. The lowest BCUT2D eigenvalue weighted by Crippen LogP contribution is -2.35. The van der Waals surface area contributed by atoms with E-state index in [9.17, 15) is 4.79 Å². The van der Waals surface area contributed by atoms with Crippen LogP contribution in [-0.2, 0) is 23.1 Å². The first kappa shape index (κ1) is 17.0. The minimum atomic E-state index is -0.568. The number of nitrogens with one attached hydrogen (secondary N) is 1. The summed E-state index contributed by atoms with van der Waals surface area (Å²) in [7, 11) is 3.50. The third-order valence-corrected chi connectivity index (χ3v) is 4.11. The second-order valence-corrected chi connectivity index (χ2v) is 5.95. The summed E-state index contributed by atoms with van der Waals surface area (Å²) in [4.78, 5) is 17.5. The van der Waals surface area contributed by atoms with Crippen LogP contribution in [-0.4, -0.2) is 41.2 Å². The van der Waals surface area contributed by atoms with Crippen molar-refractivity contribution in [3.05, 3.63) is 47.8 Å². The highest BCUT2D eigenvalue weighted by Crippen LogP contribution is 2.19. The summed E-state index contributed by atoms with van der Waals surface area (Å²) in [6.45, 7) is 0.582. The van der Waals surface area contributed by atoms with Gasteiger partial charge in [0, 0.05) is 31.8 Å². The fraction of sp³-hybridized carbons (Fsp3) is 0.389. The van der Waals surface area contributed by atoms with Gasteiger partial charge in [0.05, 0.1) is 19.0 Å². The molecule has 0 radical (unpaired) electrons. The van der Waals surface area contributed by atoms with E-state index >= 15 is 0 Å². The SMILES string of the molecule is COc1ccccc1CCCNC(=O)[C@H]1CC(c2cnn(C)c2)=NO1. The van der Waals surface area contributed by atoms with Crippen LogP contribution in [0.1, 0.15) is 24.0 Å². The predicted octanol–water partition coefficient (Wildman–Crippen LogP) is 1.67. The molecule has 7 nitrogen and oxygen atoms in total. The number of aryl methyl sites for hydroxylation is 2. The minimum Gasteiger partial charge on any atom is -0.496 e. The van der Waals surface area contributed by atoms with Gasteiger partial charge in [0.2, 0.25) is 6.10 Å². The Morgan fingerprint density at radius 1 is 1.44 bits per heavy atom. The molecular weight excluding hydrogens is 320 g/mol. The molecule has 0 fully saturated rings. The molecule has 0 bridgehead atoms. The van der Waals surface area contributed by atoms with Gasteiger partial charge in [0.1, 0.15) is 5.75 Å². The van der Waals surface area contributed by atoms with Crippen molar-refractivity contribution >= 4 is 11.6 Å². The number of rotatable bonds is 7. The normalized spacial score (nSPS) is 16.2. The Hall–Kier alpha value is -2.83. The van der Waals surface area contributed by atoms with Crippen molar-refractivity contribution < 1.29 is 14.4 Å². The summed E-state index contributed by atoms with van der Waals surface area (Å²) < 4.78 is 7.03. The summed E-state index contributed by atoms with van der Waals surface area (Å²) in [5, 5.41) is 11.0. The molecule has 1 aliphatic heterocycles. The lowest BCUT2D eigenvalue weighted by molar-refractivity contribution is -0.131. The van der Waals surface area contributed by atoms with Gasteiger partial charge in [-0.2, -0.15) is 5.10 Å². The van der Waals surface area contributed by atoms with Gasteiger partial charge in [-0.1, -0.05) is 23.4 Å². The number of para-hydroxylation sites is 1. The van der Waals surface area contributed by atoms with E-state index in [1.165, 1.54) is 0 Å². The highest BCUT2D eigenvalue weighted by atomic mass is 16.6. The van der Waals surface area contributed by atoms with Crippen molar-refractivity contribution in [3.8, 4) is 5.75 Å². The molecule has 7 heteroatoms. The van der Waals surface area contributed by atoms with Crippen LogP contribution in [0.3, 0.4) is 0 Å². The highest BCUT2D eigenvalue weighted by Gasteiger charge is 2.29. The molecular formula is C18H22N4O3. The van der Waals surface area contributed by atoms with Gasteiger partial charge in [-0.15, -0.1) is 0 Å². The molecule has 132 valence electrons. The zero-order chi connectivity index (χ0) is 17.6. The molecule has 0 saturated heterocycles. The zero-order valence-electron chi connectivity index (χ0n) is 14.4. The quantitative estimate of drug-likeness (QED) is 0.777. The first-order chi connectivity index (χ1) is 12.2. The van der Waals surface area contributed by atoms with Gasteiger partial charge < -0.3 is 14.9 Å². The molecule has 1 atom stereocenters. The van der Waals surface area contributed by atoms with Crippen molar-refractivity contribution in [2.24, 2.45) is 12.2 Å². The minimum absolute atomic E-state index is 0.136. The largest absolute Gasteiger partial charge is 0.496 e. The van der Waals surface area contributed by atoms with Gasteiger partial charge in [-0.25, -0.2) is 0 Å². The molecule has 0 saturated carbocycles. The molecule has 0 aliphatic carbocycles. The van der Waals surface area contributed by atoms with Gasteiger partial charge in [-0.05, 0) is 24.5 Å². The third kappa shape index (κ3) is 4.17. The van der Waals surface area contributed by atoms with Crippen molar-refractivity contribution in [3.63, 3.8) is 0 Å². The fourth-order valence-corrected chi connectivity index (χ4v) is 2.77. The first-order valence-corrected chi connectivity index (χ1v) is 8.28. The van der Waals surface area contributed by atoms with E-state index in [-0.39, 0.29) is 5.91 Å². The second-order valence-electron chi connectivity index (χ2n) is 5.95. The van der Waals surface area contributed by atoms with Crippen LogP contribution in [0, 0.1) is 0 Å². The van der Waals surface area contributed by atoms with Crippen molar-refractivity contribution in [2.75, 3.05) is 13.7 Å². The van der Waals surface area contributed by atoms with Crippen LogP contribution in [0.15, 0.2) is 41.8 Å². The Morgan fingerprint density at radius 3 is 3.04 bits per heavy atom. The zero-order valence-corrected chi connectivity index (χ0v) is 14.4. The van der Waals surface area contributed by atoms with E-state index in [1.807, 2.05) is 37.5 Å². The van der Waals surface area contributed by atoms with Crippen LogP contribution in [0.2, 0.25) is 0 Å². The van der Waals surface area contributed by atoms with Crippen LogP contribution in [0.5, 0.6) is 5.75 Å². The Morgan fingerprint density at radius 2 is 2.28 bits per heavy atom. The van der Waals surface area contributed by atoms with Crippen molar-refractivity contribution in [1.82, 2.24) is 15.1 Å². The van der Waals surface area contributed by atoms with E-state index < -0.39 is 6.10 Å². The fourth-order valence-electron chi connectivity index (χ4n) is 2.77. The molecule has 1 aromatic carbocycles. The van der Waals surface area contributed by atoms with Gasteiger partial charge in [0.15, 0.2) is 0 Å². The molecule has 3 rings (SSSR count). The molecule has 1 N–H and O–H groups in total. The molecule has 2 heterocycles. The van der Waals surface area contributed by atoms with E-state index in [4.69, 9.17) is 9.57 Å². The van der Waals surface area contributed by atoms with E-state index in [0.717, 1.165) is 35.4 Å². The van der Waals surface area contributed by atoms with Gasteiger partial charge in [-0.3, -0.25) is 9.48 Å². The molecule has 0 unspecified atom stereocenters. The summed E-state index contributed by atoms with van der Waals surface area (Å²) in [5.41, 5.74) is 2.77. The average molecular weight is 342 g/mol. The molecule has 0 spiro atoms. The molecule has 1 aromatic heterocycles. The molecule has 25 heavy (non-hydrogen) atoms. The number of oxime groups is 1. The molecule has 1 aliphatic rings.